The van der Waals surface area contributed by atoms with Gasteiger partial charge in [-0.15, -0.1) is 0 Å². The van der Waals surface area contributed by atoms with Crippen LogP contribution in [0.4, 0.5) is 0 Å². The number of rotatable bonds is 8. The van der Waals surface area contributed by atoms with Crippen LogP contribution in [-0.2, 0) is 11.3 Å². The molecule has 2 N–H and O–H groups in total. The Morgan fingerprint density at radius 3 is 2.55 bits per heavy atom. The van der Waals surface area contributed by atoms with Gasteiger partial charge in [0.1, 0.15) is 0 Å². The van der Waals surface area contributed by atoms with E-state index in [9.17, 15) is 4.79 Å². The summed E-state index contributed by atoms with van der Waals surface area (Å²) in [6.07, 6.45) is 3.25. The van der Waals surface area contributed by atoms with Gasteiger partial charge in [0, 0.05) is 19.5 Å². The summed E-state index contributed by atoms with van der Waals surface area (Å²) in [6, 6.07) is 9.50. The van der Waals surface area contributed by atoms with Crippen molar-refractivity contribution in [1.29, 1.82) is 5.26 Å². The molecule has 4 heteroatoms. The van der Waals surface area contributed by atoms with Crippen molar-refractivity contribution in [2.75, 3.05) is 13.1 Å². The highest BCUT2D eigenvalue weighted by molar-refractivity contribution is 5.76. The first kappa shape index (κ1) is 16.2. The largest absolute Gasteiger partial charge is 0.338 e. The molecule has 0 bridgehead atoms. The lowest BCUT2D eigenvalue weighted by molar-refractivity contribution is -0.132. The highest BCUT2D eigenvalue weighted by Gasteiger charge is 2.12. The molecule has 1 aromatic carbocycles. The smallest absolute Gasteiger partial charge is 0.222 e. The predicted molar refractivity (Wildman–Crippen MR) is 79.8 cm³/mol. The number of nitrogens with zero attached hydrogens (tertiary/aromatic N) is 2. The molecule has 0 saturated heterocycles. The van der Waals surface area contributed by atoms with Gasteiger partial charge in [0.05, 0.1) is 11.6 Å². The molecule has 0 saturated carbocycles. The highest BCUT2D eigenvalue weighted by atomic mass is 16.2. The Labute approximate surface area is 121 Å². The first-order valence-electron chi connectivity index (χ1n) is 7.18. The Morgan fingerprint density at radius 1 is 1.30 bits per heavy atom. The summed E-state index contributed by atoms with van der Waals surface area (Å²) < 4.78 is 0. The second kappa shape index (κ2) is 9.11. The zero-order valence-corrected chi connectivity index (χ0v) is 12.1. The fourth-order valence-corrected chi connectivity index (χ4v) is 2.05. The van der Waals surface area contributed by atoms with Crippen molar-refractivity contribution in [3.05, 3.63) is 35.4 Å². The van der Waals surface area contributed by atoms with Crippen molar-refractivity contribution >= 4 is 5.91 Å². The molecule has 0 aliphatic rings. The van der Waals surface area contributed by atoms with E-state index in [2.05, 4.69) is 13.0 Å². The third-order valence-electron chi connectivity index (χ3n) is 3.15. The highest BCUT2D eigenvalue weighted by Crippen LogP contribution is 2.10. The van der Waals surface area contributed by atoms with Gasteiger partial charge >= 0.3 is 0 Å². The lowest BCUT2D eigenvalue weighted by Crippen LogP contribution is -2.31. The minimum Gasteiger partial charge on any atom is -0.338 e. The minimum absolute atomic E-state index is 0.185. The van der Waals surface area contributed by atoms with Crippen LogP contribution in [-0.4, -0.2) is 23.9 Å². The summed E-state index contributed by atoms with van der Waals surface area (Å²) in [5.41, 5.74) is 7.15. The molecule has 0 unspecified atom stereocenters. The van der Waals surface area contributed by atoms with E-state index in [0.29, 0.717) is 25.1 Å². The maximum atomic E-state index is 12.2. The van der Waals surface area contributed by atoms with Crippen molar-refractivity contribution in [1.82, 2.24) is 4.90 Å². The SMILES string of the molecule is CCCN(Cc1ccc(C#N)cc1)C(=O)CCCCN. The fourth-order valence-electron chi connectivity index (χ4n) is 2.05. The molecule has 1 rings (SSSR count). The summed E-state index contributed by atoms with van der Waals surface area (Å²) in [6.45, 7) is 4.08. The van der Waals surface area contributed by atoms with Crippen molar-refractivity contribution in [2.45, 2.75) is 39.2 Å². The van der Waals surface area contributed by atoms with E-state index < -0.39 is 0 Å². The van der Waals surface area contributed by atoms with Crippen LogP contribution in [0, 0.1) is 11.3 Å². The number of benzene rings is 1. The third-order valence-corrected chi connectivity index (χ3v) is 3.15. The molecule has 0 heterocycles. The third kappa shape index (κ3) is 5.41. The van der Waals surface area contributed by atoms with Crippen LogP contribution in [0.1, 0.15) is 43.7 Å². The zero-order chi connectivity index (χ0) is 14.8. The molecule has 0 aliphatic heterocycles. The van der Waals surface area contributed by atoms with Crippen LogP contribution in [0.5, 0.6) is 0 Å². The molecule has 108 valence electrons. The number of unbranched alkanes of at least 4 members (excludes halogenated alkanes) is 1. The average molecular weight is 273 g/mol. The normalized spacial score (nSPS) is 10.1. The first-order chi connectivity index (χ1) is 9.71. The van der Waals surface area contributed by atoms with E-state index in [1.165, 1.54) is 0 Å². The van der Waals surface area contributed by atoms with E-state index in [1.807, 2.05) is 17.0 Å². The molecular weight excluding hydrogens is 250 g/mol. The standard InChI is InChI=1S/C16H23N3O/c1-2-11-19(16(20)5-3-4-10-17)13-15-8-6-14(12-18)7-9-15/h6-9H,2-5,10-11,13,17H2,1H3. The van der Waals surface area contributed by atoms with Crippen molar-refractivity contribution in [2.24, 2.45) is 5.73 Å². The number of carbonyl (C=O) groups excluding carboxylic acids is 1. The summed E-state index contributed by atoms with van der Waals surface area (Å²) in [4.78, 5) is 14.1. The molecule has 0 aliphatic carbocycles. The van der Waals surface area contributed by atoms with Gasteiger partial charge in [0.25, 0.3) is 0 Å². The van der Waals surface area contributed by atoms with Crippen LogP contribution in [0.15, 0.2) is 24.3 Å². The number of hydrogen-bond donors (Lipinski definition) is 1. The monoisotopic (exact) mass is 273 g/mol. The Bertz CT molecular complexity index is 448. The van der Waals surface area contributed by atoms with Gasteiger partial charge in [-0.05, 0) is 43.5 Å². The second-order valence-electron chi connectivity index (χ2n) is 4.87. The Morgan fingerprint density at radius 2 is 2.00 bits per heavy atom. The summed E-state index contributed by atoms with van der Waals surface area (Å²) in [5.74, 6) is 0.185. The molecular formula is C16H23N3O. The lowest BCUT2D eigenvalue weighted by Gasteiger charge is -2.22. The van der Waals surface area contributed by atoms with E-state index in [-0.39, 0.29) is 5.91 Å². The molecule has 1 aromatic rings. The molecule has 20 heavy (non-hydrogen) atoms. The fraction of sp³-hybridized carbons (Fsp3) is 0.500. The van der Waals surface area contributed by atoms with Gasteiger partial charge in [0.15, 0.2) is 0 Å². The van der Waals surface area contributed by atoms with Gasteiger partial charge in [-0.3, -0.25) is 4.79 Å². The summed E-state index contributed by atoms with van der Waals surface area (Å²) in [5, 5.41) is 8.78. The molecule has 0 fully saturated rings. The van der Waals surface area contributed by atoms with E-state index in [1.54, 1.807) is 12.1 Å². The number of carbonyl (C=O) groups is 1. The van der Waals surface area contributed by atoms with E-state index in [0.717, 1.165) is 31.4 Å². The van der Waals surface area contributed by atoms with Gasteiger partial charge in [-0.2, -0.15) is 5.26 Å². The van der Waals surface area contributed by atoms with Crippen LogP contribution in [0.25, 0.3) is 0 Å². The minimum atomic E-state index is 0.185. The van der Waals surface area contributed by atoms with Crippen molar-refractivity contribution < 1.29 is 4.79 Å². The Hall–Kier alpha value is -1.86. The predicted octanol–water partition coefficient (Wildman–Crippen LogP) is 2.43. The Kier molecular flexibility index (Phi) is 7.38. The van der Waals surface area contributed by atoms with Crippen LogP contribution < -0.4 is 5.73 Å². The quantitative estimate of drug-likeness (QED) is 0.739. The lowest BCUT2D eigenvalue weighted by atomic mass is 10.1. The zero-order valence-electron chi connectivity index (χ0n) is 12.1. The molecule has 4 nitrogen and oxygen atoms in total. The van der Waals surface area contributed by atoms with Gasteiger partial charge in [-0.1, -0.05) is 19.1 Å². The van der Waals surface area contributed by atoms with Crippen LogP contribution >= 0.6 is 0 Å². The van der Waals surface area contributed by atoms with Crippen LogP contribution in [0.3, 0.4) is 0 Å². The number of nitriles is 1. The maximum Gasteiger partial charge on any atom is 0.222 e. The molecule has 0 radical (unpaired) electrons. The molecule has 0 aromatic heterocycles. The molecule has 1 amide bonds. The van der Waals surface area contributed by atoms with E-state index >= 15 is 0 Å². The topological polar surface area (TPSA) is 70.1 Å². The van der Waals surface area contributed by atoms with Crippen molar-refractivity contribution in [3.63, 3.8) is 0 Å². The Balaban J connectivity index is 2.60. The number of amides is 1. The maximum absolute atomic E-state index is 12.2. The molecule has 0 spiro atoms. The number of hydrogen-bond acceptors (Lipinski definition) is 3. The van der Waals surface area contributed by atoms with Gasteiger partial charge in [0.2, 0.25) is 5.91 Å². The van der Waals surface area contributed by atoms with Crippen LogP contribution in [0.2, 0.25) is 0 Å². The van der Waals surface area contributed by atoms with Gasteiger partial charge in [-0.25, -0.2) is 0 Å². The molecule has 0 atom stereocenters. The van der Waals surface area contributed by atoms with Crippen molar-refractivity contribution in [3.8, 4) is 6.07 Å². The average Bonchev–Trinajstić information content (AvgIpc) is 2.47. The second-order valence-corrected chi connectivity index (χ2v) is 4.87. The van der Waals surface area contributed by atoms with Gasteiger partial charge < -0.3 is 10.6 Å². The number of nitrogens with two attached hydrogens (primary N) is 1. The summed E-state index contributed by atoms with van der Waals surface area (Å²) >= 11 is 0. The summed E-state index contributed by atoms with van der Waals surface area (Å²) in [7, 11) is 0. The first-order valence-corrected chi connectivity index (χ1v) is 7.18. The van der Waals surface area contributed by atoms with E-state index in [4.69, 9.17) is 11.0 Å².